The molecule has 1 N–H and O–H groups in total. The highest BCUT2D eigenvalue weighted by Gasteiger charge is 2.42. The van der Waals surface area contributed by atoms with Gasteiger partial charge < -0.3 is 29.0 Å². The van der Waals surface area contributed by atoms with Crippen LogP contribution in [0.25, 0.3) is 0 Å². The summed E-state index contributed by atoms with van der Waals surface area (Å²) in [7, 11) is 0. The second-order valence-corrected chi connectivity index (χ2v) is 12.0. The molecular weight excluding hydrogens is 534 g/mol. The predicted octanol–water partition coefficient (Wildman–Crippen LogP) is 6.11. The Bertz CT molecular complexity index is 819. The number of ketones is 1. The molecule has 1 aliphatic carbocycles. The van der Waals surface area contributed by atoms with Crippen LogP contribution in [0.1, 0.15) is 110 Å². The average molecular weight is 592 g/mol. The maximum absolute atomic E-state index is 13.3. The van der Waals surface area contributed by atoms with Crippen molar-refractivity contribution in [2.75, 3.05) is 32.9 Å². The summed E-state index contributed by atoms with van der Waals surface area (Å²) in [4.78, 5) is 27.4. The average Bonchev–Trinajstić information content (AvgIpc) is 3.30. The van der Waals surface area contributed by atoms with E-state index in [1.807, 2.05) is 6.92 Å². The summed E-state index contributed by atoms with van der Waals surface area (Å²) in [5, 5.41) is 9.15. The molecule has 6 atom stereocenters. The number of carbonyl (C=O) groups excluding carboxylic acids is 2. The third kappa shape index (κ3) is 12.2. The molecule has 3 rings (SSSR count). The van der Waals surface area contributed by atoms with Gasteiger partial charge in [0.1, 0.15) is 5.78 Å². The van der Waals surface area contributed by atoms with E-state index in [0.29, 0.717) is 32.5 Å². The molecule has 1 amide bonds. The highest BCUT2D eigenvalue weighted by molar-refractivity contribution is 5.86. The van der Waals surface area contributed by atoms with E-state index < -0.39 is 0 Å². The molecule has 0 aromatic rings. The lowest BCUT2D eigenvalue weighted by Gasteiger charge is -2.29. The van der Waals surface area contributed by atoms with Gasteiger partial charge in [-0.3, -0.25) is 9.59 Å². The highest BCUT2D eigenvalue weighted by atomic mass is 16.7. The zero-order valence-electron chi connectivity index (χ0n) is 26.3. The molecule has 0 spiro atoms. The summed E-state index contributed by atoms with van der Waals surface area (Å²) in [5.41, 5.74) is 0. The minimum Gasteiger partial charge on any atom is -0.395 e. The molecule has 2 saturated heterocycles. The lowest BCUT2D eigenvalue weighted by atomic mass is 9.89. The van der Waals surface area contributed by atoms with E-state index in [9.17, 15) is 9.59 Å². The van der Waals surface area contributed by atoms with Gasteiger partial charge >= 0.3 is 0 Å². The van der Waals surface area contributed by atoms with Crippen molar-refractivity contribution in [1.82, 2.24) is 4.90 Å². The van der Waals surface area contributed by atoms with Gasteiger partial charge in [0.2, 0.25) is 5.91 Å². The largest absolute Gasteiger partial charge is 0.395 e. The zero-order valence-corrected chi connectivity index (χ0v) is 26.3. The van der Waals surface area contributed by atoms with Gasteiger partial charge in [-0.05, 0) is 71.1 Å². The summed E-state index contributed by atoms with van der Waals surface area (Å²) in [6.45, 7) is 6.60. The molecular formula is C34H57NO7. The van der Waals surface area contributed by atoms with E-state index in [1.165, 1.54) is 0 Å². The summed E-state index contributed by atoms with van der Waals surface area (Å²) >= 11 is 0. The van der Waals surface area contributed by atoms with E-state index in [1.54, 1.807) is 4.90 Å². The number of allylic oxidation sites excluding steroid dienone is 3. The molecule has 0 aromatic heterocycles. The fraction of sp³-hybridized carbons (Fsp3) is 0.824. The molecule has 8 nitrogen and oxygen atoms in total. The molecule has 3 aliphatic rings. The predicted molar refractivity (Wildman–Crippen MR) is 164 cm³/mol. The number of Topliss-reactive ketones (excluding diaryl/α,β-unsaturated/α-hetero) is 1. The number of likely N-dealkylation sites (N-methyl/N-ethyl adjacent to an activating group) is 1. The molecule has 3 fully saturated rings. The van der Waals surface area contributed by atoms with Crippen molar-refractivity contribution < 1.29 is 33.6 Å². The maximum Gasteiger partial charge on any atom is 0.222 e. The van der Waals surface area contributed by atoms with Crippen molar-refractivity contribution in [3.8, 4) is 0 Å². The summed E-state index contributed by atoms with van der Waals surface area (Å²) in [5.74, 6) is 0.133. The van der Waals surface area contributed by atoms with Crippen LogP contribution in [-0.4, -0.2) is 79.4 Å². The minimum absolute atomic E-state index is 0.00961. The van der Waals surface area contributed by atoms with Crippen molar-refractivity contribution in [3.05, 3.63) is 24.3 Å². The van der Waals surface area contributed by atoms with Crippen molar-refractivity contribution in [2.45, 2.75) is 135 Å². The third-order valence-corrected chi connectivity index (χ3v) is 8.71. The molecule has 1 saturated carbocycles. The van der Waals surface area contributed by atoms with E-state index in [-0.39, 0.29) is 54.9 Å². The number of unbranched alkanes of at least 4 members (excludes halogenated alkanes) is 3. The Morgan fingerprint density at radius 1 is 1.05 bits per heavy atom. The van der Waals surface area contributed by atoms with Gasteiger partial charge in [-0.25, -0.2) is 0 Å². The third-order valence-electron chi connectivity index (χ3n) is 8.71. The number of carbonyl (C=O) groups is 2. The summed E-state index contributed by atoms with van der Waals surface area (Å²) in [6.07, 6.45) is 21.6. The van der Waals surface area contributed by atoms with E-state index in [4.69, 9.17) is 24.1 Å². The van der Waals surface area contributed by atoms with Gasteiger partial charge in [0.15, 0.2) is 12.6 Å². The number of amides is 1. The minimum atomic E-state index is -0.231. The van der Waals surface area contributed by atoms with Crippen LogP contribution in [0.2, 0.25) is 0 Å². The van der Waals surface area contributed by atoms with Gasteiger partial charge in [-0.15, -0.1) is 0 Å². The van der Waals surface area contributed by atoms with Crippen LogP contribution in [0.4, 0.5) is 0 Å². The van der Waals surface area contributed by atoms with Crippen molar-refractivity contribution in [3.63, 3.8) is 0 Å². The molecule has 0 aromatic carbocycles. The second-order valence-electron chi connectivity index (χ2n) is 12.0. The van der Waals surface area contributed by atoms with Crippen molar-refractivity contribution >= 4 is 11.7 Å². The smallest absolute Gasteiger partial charge is 0.222 e. The first kappa shape index (κ1) is 34.9. The Morgan fingerprint density at radius 3 is 2.48 bits per heavy atom. The Hall–Kier alpha value is -1.58. The number of rotatable bonds is 19. The molecule has 8 heteroatoms. The lowest BCUT2D eigenvalue weighted by Crippen LogP contribution is -2.33. The van der Waals surface area contributed by atoms with Crippen LogP contribution in [0.5, 0.6) is 0 Å². The monoisotopic (exact) mass is 591 g/mol. The number of aliphatic hydroxyl groups is 1. The molecule has 2 aliphatic heterocycles. The van der Waals surface area contributed by atoms with Gasteiger partial charge in [0, 0.05) is 51.0 Å². The second kappa shape index (κ2) is 20.4. The van der Waals surface area contributed by atoms with Crippen LogP contribution < -0.4 is 0 Å². The number of nitrogens with zero attached hydrogens (tertiary/aromatic N) is 1. The van der Waals surface area contributed by atoms with Crippen LogP contribution in [0.15, 0.2) is 24.3 Å². The Labute approximate surface area is 254 Å². The lowest BCUT2D eigenvalue weighted by molar-refractivity contribution is -0.195. The van der Waals surface area contributed by atoms with Gasteiger partial charge in [0.25, 0.3) is 0 Å². The number of ether oxygens (including phenoxy) is 4. The quantitative estimate of drug-likeness (QED) is 0.143. The number of hydrogen-bond acceptors (Lipinski definition) is 7. The topological polar surface area (TPSA) is 94.5 Å². The molecule has 2 heterocycles. The zero-order chi connectivity index (χ0) is 30.0. The molecule has 42 heavy (non-hydrogen) atoms. The van der Waals surface area contributed by atoms with Crippen LogP contribution in [0.3, 0.4) is 0 Å². The first-order valence-electron chi connectivity index (χ1n) is 16.8. The normalized spacial score (nSPS) is 27.7. The standard InChI is InChI=1S/C34H57NO7/c1-3-5-8-15-27(41-33-18-11-13-24-39-33)20-21-28-29(31(26-30(28)37)42-34-19-12-14-25-40-34)16-9-6-7-10-17-32(38)35(4-2)22-23-36/h6,9,20-21,27-29,31,33-34,36H,3-5,7-8,10-19,22-26H2,1-2H3/t27?,28-,29-,31?,33?,34?/m1/s1. The first-order valence-corrected chi connectivity index (χ1v) is 16.8. The van der Waals surface area contributed by atoms with Crippen LogP contribution in [-0.2, 0) is 28.5 Å². The Kier molecular flexibility index (Phi) is 16.9. The SMILES string of the molecule is CCCCCC(C=C[C@H]1C(=O)CC(OC2CCCCO2)[C@@H]1CC=CCCCC(=O)N(CC)CCO)OC1CCCCO1. The summed E-state index contributed by atoms with van der Waals surface area (Å²) < 4.78 is 24.5. The van der Waals surface area contributed by atoms with Crippen molar-refractivity contribution in [2.24, 2.45) is 11.8 Å². The first-order chi connectivity index (χ1) is 20.5. The van der Waals surface area contributed by atoms with Gasteiger partial charge in [-0.2, -0.15) is 0 Å². The molecule has 0 bridgehead atoms. The number of aliphatic hydroxyl groups excluding tert-OH is 1. The van der Waals surface area contributed by atoms with Crippen LogP contribution >= 0.6 is 0 Å². The maximum atomic E-state index is 13.3. The molecule has 240 valence electrons. The van der Waals surface area contributed by atoms with E-state index in [0.717, 1.165) is 90.1 Å². The van der Waals surface area contributed by atoms with Gasteiger partial charge in [-0.1, -0.05) is 50.5 Å². The van der Waals surface area contributed by atoms with Crippen LogP contribution in [0, 0.1) is 11.8 Å². The van der Waals surface area contributed by atoms with Crippen molar-refractivity contribution in [1.29, 1.82) is 0 Å². The molecule has 0 radical (unpaired) electrons. The highest BCUT2D eigenvalue weighted by Crippen LogP contribution is 2.37. The number of hydrogen-bond donors (Lipinski definition) is 1. The Balaban J connectivity index is 1.62. The van der Waals surface area contributed by atoms with Gasteiger partial charge in [0.05, 0.1) is 18.8 Å². The Morgan fingerprint density at radius 2 is 1.81 bits per heavy atom. The van der Waals surface area contributed by atoms with E-state index in [2.05, 4.69) is 31.2 Å². The fourth-order valence-corrected chi connectivity index (χ4v) is 6.21. The molecule has 4 unspecified atom stereocenters. The van der Waals surface area contributed by atoms with E-state index >= 15 is 0 Å². The fourth-order valence-electron chi connectivity index (χ4n) is 6.21. The summed E-state index contributed by atoms with van der Waals surface area (Å²) in [6, 6.07) is 0.